The highest BCUT2D eigenvalue weighted by atomic mass is 16.5. The number of phenolic OH excluding ortho intramolecular Hbond substituents is 1. The topological polar surface area (TPSA) is 100 Å². The third-order valence-electron chi connectivity index (χ3n) is 3.87. The van der Waals surface area contributed by atoms with E-state index in [1.807, 2.05) is 13.8 Å². The van der Waals surface area contributed by atoms with Crippen molar-refractivity contribution in [3.05, 3.63) is 59.7 Å². The zero-order chi connectivity index (χ0) is 19.8. The van der Waals surface area contributed by atoms with Gasteiger partial charge in [-0.1, -0.05) is 13.8 Å². The van der Waals surface area contributed by atoms with E-state index in [0.717, 1.165) is 5.56 Å². The molecular weight excluding hydrogens is 346 g/mol. The van der Waals surface area contributed by atoms with Crippen LogP contribution in [-0.2, 0) is 4.79 Å². The molecule has 2 aromatic carbocycles. The first-order valence-corrected chi connectivity index (χ1v) is 8.47. The highest BCUT2D eigenvalue weighted by Crippen LogP contribution is 2.12. The summed E-state index contributed by atoms with van der Waals surface area (Å²) in [4.78, 5) is 24.8. The summed E-state index contributed by atoms with van der Waals surface area (Å²) in [5, 5.41) is 15.9. The summed E-state index contributed by atoms with van der Waals surface area (Å²) >= 11 is 0. The van der Waals surface area contributed by atoms with Crippen LogP contribution in [0.25, 0.3) is 0 Å². The van der Waals surface area contributed by atoms with Gasteiger partial charge in [0.25, 0.3) is 11.8 Å². The molecule has 7 heteroatoms. The number of hydrogen-bond donors (Lipinski definition) is 3. The molecule has 2 rings (SSSR count). The van der Waals surface area contributed by atoms with E-state index in [9.17, 15) is 14.7 Å². The maximum atomic E-state index is 12.4. The second kappa shape index (κ2) is 9.38. The van der Waals surface area contributed by atoms with Crippen molar-refractivity contribution in [1.29, 1.82) is 0 Å². The highest BCUT2D eigenvalue weighted by Gasteiger charge is 2.24. The van der Waals surface area contributed by atoms with Crippen molar-refractivity contribution in [2.24, 2.45) is 11.0 Å². The Kier molecular flexibility index (Phi) is 6.93. The standard InChI is InChI=1S/C20H23N3O4/c1-13(2)18(22-19(25)15-6-10-17(27-3)11-7-15)20(26)23-21-12-14-4-8-16(24)9-5-14/h4-13,18,24H,1-3H3,(H,22,25)(H,23,26). The van der Waals surface area contributed by atoms with Crippen molar-refractivity contribution in [1.82, 2.24) is 10.7 Å². The van der Waals surface area contributed by atoms with Crippen molar-refractivity contribution in [3.63, 3.8) is 0 Å². The molecule has 0 saturated heterocycles. The Balaban J connectivity index is 1.99. The molecule has 0 fully saturated rings. The number of hydrazone groups is 1. The first-order chi connectivity index (χ1) is 12.9. The molecule has 0 radical (unpaired) electrons. The molecule has 2 aromatic rings. The van der Waals surface area contributed by atoms with Crippen LogP contribution >= 0.6 is 0 Å². The summed E-state index contributed by atoms with van der Waals surface area (Å²) in [6.07, 6.45) is 1.46. The van der Waals surface area contributed by atoms with Gasteiger partial charge in [0.15, 0.2) is 0 Å². The number of nitrogens with one attached hydrogen (secondary N) is 2. The van der Waals surface area contributed by atoms with E-state index in [-0.39, 0.29) is 17.6 Å². The second-order valence-electron chi connectivity index (χ2n) is 6.25. The van der Waals surface area contributed by atoms with Crippen LogP contribution in [-0.4, -0.2) is 36.3 Å². The summed E-state index contributed by atoms with van der Waals surface area (Å²) in [6.45, 7) is 3.67. The average molecular weight is 369 g/mol. The van der Waals surface area contributed by atoms with Crippen LogP contribution in [0.4, 0.5) is 0 Å². The van der Waals surface area contributed by atoms with Gasteiger partial charge in [-0.2, -0.15) is 5.10 Å². The highest BCUT2D eigenvalue weighted by molar-refractivity contribution is 5.97. The Morgan fingerprint density at radius 3 is 2.26 bits per heavy atom. The minimum atomic E-state index is -0.739. The second-order valence-corrected chi connectivity index (χ2v) is 6.25. The smallest absolute Gasteiger partial charge is 0.262 e. The van der Waals surface area contributed by atoms with Crippen molar-refractivity contribution < 1.29 is 19.4 Å². The lowest BCUT2D eigenvalue weighted by Crippen LogP contribution is -2.48. The zero-order valence-electron chi connectivity index (χ0n) is 15.5. The molecule has 2 amide bonds. The molecule has 7 nitrogen and oxygen atoms in total. The van der Waals surface area contributed by atoms with Gasteiger partial charge in [-0.15, -0.1) is 0 Å². The van der Waals surface area contributed by atoms with Crippen LogP contribution in [0.3, 0.4) is 0 Å². The first kappa shape index (κ1) is 20.0. The van der Waals surface area contributed by atoms with E-state index < -0.39 is 11.9 Å². The number of rotatable bonds is 7. The predicted molar refractivity (Wildman–Crippen MR) is 103 cm³/mol. The molecule has 0 bridgehead atoms. The van der Waals surface area contributed by atoms with Crippen LogP contribution in [0.2, 0.25) is 0 Å². The molecule has 27 heavy (non-hydrogen) atoms. The van der Waals surface area contributed by atoms with Gasteiger partial charge < -0.3 is 15.2 Å². The number of aromatic hydroxyl groups is 1. The van der Waals surface area contributed by atoms with E-state index in [1.54, 1.807) is 43.5 Å². The lowest BCUT2D eigenvalue weighted by Gasteiger charge is -2.20. The Bertz CT molecular complexity index is 799. The van der Waals surface area contributed by atoms with E-state index in [2.05, 4.69) is 15.8 Å². The molecule has 0 aromatic heterocycles. The summed E-state index contributed by atoms with van der Waals surface area (Å²) < 4.78 is 5.07. The van der Waals surface area contributed by atoms with Gasteiger partial charge in [-0.05, 0) is 60.0 Å². The van der Waals surface area contributed by atoms with Crippen molar-refractivity contribution in [3.8, 4) is 11.5 Å². The number of nitrogens with zero attached hydrogens (tertiary/aromatic N) is 1. The Labute approximate surface area is 158 Å². The molecule has 142 valence electrons. The molecule has 0 spiro atoms. The fraction of sp³-hybridized carbons (Fsp3) is 0.250. The Morgan fingerprint density at radius 1 is 1.07 bits per heavy atom. The molecule has 1 atom stereocenters. The molecule has 1 unspecified atom stereocenters. The SMILES string of the molecule is COc1ccc(C(=O)NC(C(=O)NN=Cc2ccc(O)cc2)C(C)C)cc1. The quantitative estimate of drug-likeness (QED) is 0.515. The summed E-state index contributed by atoms with van der Waals surface area (Å²) in [7, 11) is 1.55. The molecule has 0 aliphatic heterocycles. The van der Waals surface area contributed by atoms with E-state index >= 15 is 0 Å². The van der Waals surface area contributed by atoms with Crippen LogP contribution in [0.5, 0.6) is 11.5 Å². The third-order valence-corrected chi connectivity index (χ3v) is 3.87. The van der Waals surface area contributed by atoms with Crippen molar-refractivity contribution in [2.75, 3.05) is 7.11 Å². The maximum absolute atomic E-state index is 12.4. The number of benzene rings is 2. The number of carbonyl (C=O) groups is 2. The van der Waals surface area contributed by atoms with Crippen LogP contribution in [0.15, 0.2) is 53.6 Å². The lowest BCUT2D eigenvalue weighted by atomic mass is 10.0. The van der Waals surface area contributed by atoms with Gasteiger partial charge in [-0.3, -0.25) is 9.59 Å². The Morgan fingerprint density at radius 2 is 1.70 bits per heavy atom. The average Bonchev–Trinajstić information content (AvgIpc) is 2.67. The monoisotopic (exact) mass is 369 g/mol. The third kappa shape index (κ3) is 5.85. The molecule has 0 aliphatic carbocycles. The Hall–Kier alpha value is -3.35. The first-order valence-electron chi connectivity index (χ1n) is 8.47. The maximum Gasteiger partial charge on any atom is 0.262 e. The number of ether oxygens (including phenoxy) is 1. The minimum absolute atomic E-state index is 0.129. The molecule has 0 saturated carbocycles. The van der Waals surface area contributed by atoms with Crippen LogP contribution in [0.1, 0.15) is 29.8 Å². The minimum Gasteiger partial charge on any atom is -0.508 e. The van der Waals surface area contributed by atoms with Gasteiger partial charge in [0.05, 0.1) is 13.3 Å². The number of phenols is 1. The lowest BCUT2D eigenvalue weighted by molar-refractivity contribution is -0.123. The van der Waals surface area contributed by atoms with Crippen molar-refractivity contribution in [2.45, 2.75) is 19.9 Å². The molecule has 0 heterocycles. The van der Waals surface area contributed by atoms with Crippen molar-refractivity contribution >= 4 is 18.0 Å². The van der Waals surface area contributed by atoms with E-state index in [1.165, 1.54) is 18.3 Å². The summed E-state index contributed by atoms with van der Waals surface area (Å²) in [5.41, 5.74) is 3.59. The van der Waals surface area contributed by atoms with Gasteiger partial charge in [0.1, 0.15) is 17.5 Å². The number of amides is 2. The fourth-order valence-electron chi connectivity index (χ4n) is 2.30. The number of carbonyl (C=O) groups excluding carboxylic acids is 2. The fourth-order valence-corrected chi connectivity index (χ4v) is 2.30. The predicted octanol–water partition coefficient (Wildman–Crippen LogP) is 2.31. The number of methoxy groups -OCH3 is 1. The van der Waals surface area contributed by atoms with E-state index in [4.69, 9.17) is 4.74 Å². The van der Waals surface area contributed by atoms with Gasteiger partial charge in [0.2, 0.25) is 0 Å². The number of hydrogen-bond acceptors (Lipinski definition) is 5. The molecule has 3 N–H and O–H groups in total. The largest absolute Gasteiger partial charge is 0.508 e. The van der Waals surface area contributed by atoms with Gasteiger partial charge in [0, 0.05) is 5.56 Å². The van der Waals surface area contributed by atoms with Crippen LogP contribution < -0.4 is 15.5 Å². The molecular formula is C20H23N3O4. The summed E-state index contributed by atoms with van der Waals surface area (Å²) in [6, 6.07) is 12.3. The van der Waals surface area contributed by atoms with Gasteiger partial charge in [-0.25, -0.2) is 5.43 Å². The van der Waals surface area contributed by atoms with Crippen LogP contribution in [0, 0.1) is 5.92 Å². The van der Waals surface area contributed by atoms with Gasteiger partial charge >= 0.3 is 0 Å². The normalized spacial score (nSPS) is 12.0. The zero-order valence-corrected chi connectivity index (χ0v) is 15.5. The molecule has 0 aliphatic rings. The van der Waals surface area contributed by atoms with E-state index in [0.29, 0.717) is 11.3 Å². The summed E-state index contributed by atoms with van der Waals surface area (Å²) in [5.74, 6) is -0.0995.